The molecule has 0 spiro atoms. The third-order valence-electron chi connectivity index (χ3n) is 5.18. The lowest BCUT2D eigenvalue weighted by atomic mass is 9.93. The van der Waals surface area contributed by atoms with E-state index in [1.54, 1.807) is 29.2 Å². The van der Waals surface area contributed by atoms with Crippen LogP contribution in [0.5, 0.6) is 17.2 Å². The Labute approximate surface area is 175 Å². The maximum absolute atomic E-state index is 12.9. The fourth-order valence-corrected chi connectivity index (χ4v) is 3.54. The Bertz CT molecular complexity index is 972. The first-order valence-corrected chi connectivity index (χ1v) is 10.2. The number of hydrogen-bond acceptors (Lipinski definition) is 5. The number of para-hydroxylation sites is 2. The lowest BCUT2D eigenvalue weighted by molar-refractivity contribution is -0.127. The van der Waals surface area contributed by atoms with Gasteiger partial charge >= 0.3 is 0 Å². The molecule has 0 aromatic heterocycles. The van der Waals surface area contributed by atoms with Crippen molar-refractivity contribution in [3.8, 4) is 17.2 Å². The van der Waals surface area contributed by atoms with Gasteiger partial charge in [-0.05, 0) is 44.5 Å². The number of hydrogen-bond donors (Lipinski definition) is 1. The lowest BCUT2D eigenvalue weighted by Crippen LogP contribution is -2.42. The summed E-state index contributed by atoms with van der Waals surface area (Å²) in [5, 5.41) is 2.86. The fourth-order valence-electron chi connectivity index (χ4n) is 3.54. The van der Waals surface area contributed by atoms with Gasteiger partial charge in [0.15, 0.2) is 11.5 Å². The standard InChI is InChI=1S/C23H26N2O5/c1-4-11-25-16-10-9-15(12-19(16)29-14-23(2,3)22(25)27)24-21(26)20-13-28-17-7-5-6-8-18(17)30-20/h5-10,12,20H,4,11,13-14H2,1-3H3,(H,24,26). The van der Waals surface area contributed by atoms with Crippen LogP contribution in [0.1, 0.15) is 27.2 Å². The van der Waals surface area contributed by atoms with E-state index in [1.807, 2.05) is 39.0 Å². The first-order chi connectivity index (χ1) is 14.4. The Morgan fingerprint density at radius 1 is 1.13 bits per heavy atom. The van der Waals surface area contributed by atoms with Gasteiger partial charge in [0, 0.05) is 18.3 Å². The Morgan fingerprint density at radius 2 is 1.90 bits per heavy atom. The topological polar surface area (TPSA) is 77.1 Å². The van der Waals surface area contributed by atoms with Crippen LogP contribution in [0.4, 0.5) is 11.4 Å². The predicted octanol–water partition coefficient (Wildman–Crippen LogP) is 3.63. The van der Waals surface area contributed by atoms with Crippen molar-refractivity contribution in [3.05, 3.63) is 42.5 Å². The van der Waals surface area contributed by atoms with E-state index in [-0.39, 0.29) is 25.0 Å². The summed E-state index contributed by atoms with van der Waals surface area (Å²) >= 11 is 0. The average Bonchev–Trinajstić information content (AvgIpc) is 2.84. The van der Waals surface area contributed by atoms with E-state index < -0.39 is 11.5 Å². The van der Waals surface area contributed by atoms with Crippen LogP contribution in [0.2, 0.25) is 0 Å². The van der Waals surface area contributed by atoms with Gasteiger partial charge in [-0.2, -0.15) is 0 Å². The lowest BCUT2D eigenvalue weighted by Gasteiger charge is -2.27. The minimum absolute atomic E-state index is 0.0336. The molecule has 2 aromatic carbocycles. The third kappa shape index (κ3) is 3.79. The highest BCUT2D eigenvalue weighted by Gasteiger charge is 2.37. The molecule has 1 atom stereocenters. The average molecular weight is 410 g/mol. The molecule has 0 bridgehead atoms. The third-order valence-corrected chi connectivity index (χ3v) is 5.18. The summed E-state index contributed by atoms with van der Waals surface area (Å²) in [4.78, 5) is 27.4. The molecule has 7 heteroatoms. The van der Waals surface area contributed by atoms with Gasteiger partial charge in [0.2, 0.25) is 12.0 Å². The minimum Gasteiger partial charge on any atom is -0.490 e. The van der Waals surface area contributed by atoms with Crippen LogP contribution >= 0.6 is 0 Å². The van der Waals surface area contributed by atoms with Gasteiger partial charge in [-0.1, -0.05) is 19.1 Å². The largest absolute Gasteiger partial charge is 0.490 e. The van der Waals surface area contributed by atoms with Crippen molar-refractivity contribution in [2.24, 2.45) is 5.41 Å². The van der Waals surface area contributed by atoms with Crippen LogP contribution in [-0.2, 0) is 9.59 Å². The highest BCUT2D eigenvalue weighted by atomic mass is 16.6. The summed E-state index contributed by atoms with van der Waals surface area (Å²) in [5.74, 6) is 1.48. The molecule has 1 N–H and O–H groups in total. The molecule has 158 valence electrons. The van der Waals surface area contributed by atoms with Crippen molar-refractivity contribution in [2.75, 3.05) is 30.0 Å². The van der Waals surface area contributed by atoms with E-state index in [1.165, 1.54) is 0 Å². The predicted molar refractivity (Wildman–Crippen MR) is 113 cm³/mol. The number of anilines is 2. The Kier molecular flexibility index (Phi) is 5.28. The van der Waals surface area contributed by atoms with Crippen molar-refractivity contribution in [3.63, 3.8) is 0 Å². The molecular formula is C23H26N2O5. The van der Waals surface area contributed by atoms with Gasteiger partial charge in [-0.15, -0.1) is 0 Å². The van der Waals surface area contributed by atoms with Crippen LogP contribution < -0.4 is 24.4 Å². The smallest absolute Gasteiger partial charge is 0.269 e. The Hall–Kier alpha value is -3.22. The van der Waals surface area contributed by atoms with Crippen LogP contribution in [0.25, 0.3) is 0 Å². The second-order valence-corrected chi connectivity index (χ2v) is 8.17. The van der Waals surface area contributed by atoms with Gasteiger partial charge in [-0.25, -0.2) is 0 Å². The molecule has 0 aliphatic carbocycles. The maximum atomic E-state index is 12.9. The number of carbonyl (C=O) groups excluding carboxylic acids is 2. The van der Waals surface area contributed by atoms with Gasteiger partial charge in [0.25, 0.3) is 5.91 Å². The van der Waals surface area contributed by atoms with E-state index in [2.05, 4.69) is 5.32 Å². The molecule has 2 aliphatic rings. The summed E-state index contributed by atoms with van der Waals surface area (Å²) in [6.07, 6.45) is 0.0805. The number of nitrogens with one attached hydrogen (secondary N) is 1. The van der Waals surface area contributed by atoms with E-state index in [4.69, 9.17) is 14.2 Å². The molecule has 0 saturated heterocycles. The summed E-state index contributed by atoms with van der Waals surface area (Å²) in [6.45, 7) is 6.81. The maximum Gasteiger partial charge on any atom is 0.269 e. The van der Waals surface area contributed by atoms with Gasteiger partial charge in [-0.3, -0.25) is 9.59 Å². The molecular weight excluding hydrogens is 384 g/mol. The van der Waals surface area contributed by atoms with E-state index in [0.717, 1.165) is 12.1 Å². The number of benzene rings is 2. The van der Waals surface area contributed by atoms with E-state index in [9.17, 15) is 9.59 Å². The zero-order valence-electron chi connectivity index (χ0n) is 17.4. The van der Waals surface area contributed by atoms with Crippen molar-refractivity contribution >= 4 is 23.2 Å². The van der Waals surface area contributed by atoms with Crippen molar-refractivity contribution in [1.29, 1.82) is 0 Å². The monoisotopic (exact) mass is 410 g/mol. The first-order valence-electron chi connectivity index (χ1n) is 10.2. The molecule has 0 saturated carbocycles. The van der Waals surface area contributed by atoms with Crippen molar-refractivity contribution in [1.82, 2.24) is 0 Å². The molecule has 1 unspecified atom stereocenters. The highest BCUT2D eigenvalue weighted by molar-refractivity contribution is 6.00. The molecule has 0 fully saturated rings. The van der Waals surface area contributed by atoms with Crippen LogP contribution in [0.15, 0.2) is 42.5 Å². The van der Waals surface area contributed by atoms with Gasteiger partial charge in [0.05, 0.1) is 11.1 Å². The number of ether oxygens (including phenoxy) is 3. The van der Waals surface area contributed by atoms with Crippen LogP contribution in [0.3, 0.4) is 0 Å². The summed E-state index contributed by atoms with van der Waals surface area (Å²) in [5.41, 5.74) is 0.666. The number of amides is 2. The quantitative estimate of drug-likeness (QED) is 0.833. The minimum atomic E-state index is -0.753. The van der Waals surface area contributed by atoms with E-state index in [0.29, 0.717) is 29.5 Å². The fraction of sp³-hybridized carbons (Fsp3) is 0.391. The molecule has 30 heavy (non-hydrogen) atoms. The molecule has 2 amide bonds. The molecule has 2 aromatic rings. The SMILES string of the molecule is CCCN1C(=O)C(C)(C)COc2cc(NC(=O)C3COc4ccccc4O3)ccc21. The van der Waals surface area contributed by atoms with E-state index >= 15 is 0 Å². The number of nitrogens with zero attached hydrogens (tertiary/aromatic N) is 1. The molecule has 4 rings (SSSR count). The van der Waals surface area contributed by atoms with Crippen molar-refractivity contribution < 1.29 is 23.8 Å². The first kappa shape index (κ1) is 20.1. The number of carbonyl (C=O) groups is 2. The van der Waals surface area contributed by atoms with Crippen molar-refractivity contribution in [2.45, 2.75) is 33.3 Å². The zero-order chi connectivity index (χ0) is 21.3. The summed E-state index contributed by atoms with van der Waals surface area (Å²) in [6, 6.07) is 12.6. The molecule has 0 radical (unpaired) electrons. The zero-order valence-corrected chi connectivity index (χ0v) is 17.4. The molecule has 2 aliphatic heterocycles. The summed E-state index contributed by atoms with van der Waals surface area (Å²) in [7, 11) is 0. The molecule has 7 nitrogen and oxygen atoms in total. The van der Waals surface area contributed by atoms with Crippen LogP contribution in [-0.4, -0.2) is 37.7 Å². The van der Waals surface area contributed by atoms with Crippen LogP contribution in [0, 0.1) is 5.41 Å². The molecule has 2 heterocycles. The number of rotatable bonds is 4. The number of fused-ring (bicyclic) bond motifs is 2. The summed E-state index contributed by atoms with van der Waals surface area (Å²) < 4.78 is 17.3. The highest BCUT2D eigenvalue weighted by Crippen LogP contribution is 2.38. The second-order valence-electron chi connectivity index (χ2n) is 8.17. The van der Waals surface area contributed by atoms with Gasteiger partial charge < -0.3 is 24.4 Å². The Balaban J connectivity index is 1.53. The second kappa shape index (κ2) is 7.89. The normalized spacial score (nSPS) is 19.4. The Morgan fingerprint density at radius 3 is 2.67 bits per heavy atom. The van der Waals surface area contributed by atoms with Gasteiger partial charge in [0.1, 0.15) is 19.0 Å².